The molecule has 2 rings (SSSR count). The van der Waals surface area contributed by atoms with E-state index in [-0.39, 0.29) is 0 Å². The summed E-state index contributed by atoms with van der Waals surface area (Å²) in [5.74, 6) is 1.69. The Morgan fingerprint density at radius 2 is 2.18 bits per heavy atom. The summed E-state index contributed by atoms with van der Waals surface area (Å²) in [6, 6.07) is 5.88. The van der Waals surface area contributed by atoms with Crippen LogP contribution in [0.15, 0.2) is 18.2 Å². The van der Waals surface area contributed by atoms with Crippen molar-refractivity contribution in [2.45, 2.75) is 26.4 Å². The minimum absolute atomic E-state index is 0.509. The zero-order chi connectivity index (χ0) is 12.6. The molecule has 17 heavy (non-hydrogen) atoms. The van der Waals surface area contributed by atoms with Crippen molar-refractivity contribution in [2.24, 2.45) is 11.8 Å². The van der Waals surface area contributed by atoms with Crippen molar-refractivity contribution in [3.63, 3.8) is 0 Å². The van der Waals surface area contributed by atoms with Crippen molar-refractivity contribution in [3.8, 4) is 0 Å². The molecule has 0 amide bonds. The van der Waals surface area contributed by atoms with Crippen molar-refractivity contribution in [2.75, 3.05) is 18.5 Å². The number of rotatable bonds is 4. The lowest BCUT2D eigenvalue weighted by Gasteiger charge is -2.20. The lowest BCUT2D eigenvalue weighted by atomic mass is 10.1. The van der Waals surface area contributed by atoms with Gasteiger partial charge in [0.2, 0.25) is 0 Å². The van der Waals surface area contributed by atoms with Crippen molar-refractivity contribution >= 4 is 17.3 Å². The zero-order valence-corrected chi connectivity index (χ0v) is 11.4. The van der Waals surface area contributed by atoms with Gasteiger partial charge in [-0.05, 0) is 42.9 Å². The fraction of sp³-hybridized carbons (Fsp3) is 0.571. The molecule has 0 spiro atoms. The van der Waals surface area contributed by atoms with Crippen LogP contribution in [0.3, 0.4) is 0 Å². The summed E-state index contributed by atoms with van der Waals surface area (Å²) in [7, 11) is 2.10. The molecule has 3 unspecified atom stereocenters. The van der Waals surface area contributed by atoms with Crippen LogP contribution in [0.1, 0.15) is 31.9 Å². The average molecular weight is 254 g/mol. The van der Waals surface area contributed by atoms with Crippen molar-refractivity contribution in [1.29, 1.82) is 0 Å². The van der Waals surface area contributed by atoms with Gasteiger partial charge in [-0.1, -0.05) is 24.6 Å². The van der Waals surface area contributed by atoms with Gasteiger partial charge in [0.25, 0.3) is 0 Å². The number of anilines is 1. The molecular weight excluding hydrogens is 234 g/mol. The smallest absolute Gasteiger partial charge is 0.0776 e. The van der Waals surface area contributed by atoms with E-state index in [4.69, 9.17) is 11.6 Å². The molecule has 0 radical (unpaired) electrons. The molecule has 0 aromatic heterocycles. The van der Waals surface area contributed by atoms with Crippen molar-refractivity contribution in [3.05, 3.63) is 28.8 Å². The molecule has 1 aliphatic rings. The second kappa shape index (κ2) is 4.87. The molecule has 2 nitrogen and oxygen atoms in total. The van der Waals surface area contributed by atoms with Crippen molar-refractivity contribution < 1.29 is 5.11 Å². The largest absolute Gasteiger partial charge is 0.389 e. The molecule has 1 N–H and O–H groups in total. The normalized spacial score (nSPS) is 24.5. The minimum Gasteiger partial charge on any atom is -0.389 e. The fourth-order valence-corrected chi connectivity index (χ4v) is 2.54. The van der Waals surface area contributed by atoms with E-state index < -0.39 is 6.10 Å². The molecule has 1 saturated carbocycles. The van der Waals surface area contributed by atoms with Gasteiger partial charge in [-0.2, -0.15) is 0 Å². The molecule has 1 aromatic carbocycles. The van der Waals surface area contributed by atoms with Crippen LogP contribution in [0, 0.1) is 11.8 Å². The standard InChI is InChI=1S/C14H20ClNO/c1-9-6-11(9)8-16(3)12-4-5-13(10(2)17)14(15)7-12/h4-5,7,9-11,17H,6,8H2,1-3H3. The van der Waals surface area contributed by atoms with Gasteiger partial charge in [0.05, 0.1) is 6.10 Å². The second-order valence-electron chi connectivity index (χ2n) is 5.24. The van der Waals surface area contributed by atoms with Crippen molar-refractivity contribution in [1.82, 2.24) is 0 Å². The first kappa shape index (κ1) is 12.7. The van der Waals surface area contributed by atoms with Crippen LogP contribution in [-0.4, -0.2) is 18.7 Å². The predicted molar refractivity (Wildman–Crippen MR) is 72.6 cm³/mol. The van der Waals surface area contributed by atoms with Gasteiger partial charge < -0.3 is 10.0 Å². The number of hydrogen-bond acceptors (Lipinski definition) is 2. The van der Waals surface area contributed by atoms with Gasteiger partial charge in [0, 0.05) is 24.3 Å². The van der Waals surface area contributed by atoms with Gasteiger partial charge in [-0.25, -0.2) is 0 Å². The molecule has 0 heterocycles. The summed E-state index contributed by atoms with van der Waals surface area (Å²) in [5.41, 5.74) is 1.92. The summed E-state index contributed by atoms with van der Waals surface area (Å²) in [4.78, 5) is 2.24. The van der Waals surface area contributed by atoms with Gasteiger partial charge in [0.1, 0.15) is 0 Å². The van der Waals surface area contributed by atoms with Crippen LogP contribution in [0.25, 0.3) is 0 Å². The Balaban J connectivity index is 2.08. The minimum atomic E-state index is -0.509. The molecular formula is C14H20ClNO. The van der Waals surface area contributed by atoms with Crippen LogP contribution in [0.5, 0.6) is 0 Å². The second-order valence-corrected chi connectivity index (χ2v) is 5.64. The third-order valence-corrected chi connectivity index (χ3v) is 3.99. The van der Waals surface area contributed by atoms with Gasteiger partial charge >= 0.3 is 0 Å². The number of halogens is 1. The average Bonchev–Trinajstić information content (AvgIpc) is 2.93. The van der Waals surface area contributed by atoms with E-state index in [2.05, 4.69) is 18.9 Å². The third kappa shape index (κ3) is 2.93. The van der Waals surface area contributed by atoms with Crippen LogP contribution < -0.4 is 4.90 Å². The predicted octanol–water partition coefficient (Wildman–Crippen LogP) is 3.49. The number of aliphatic hydroxyl groups excluding tert-OH is 1. The van der Waals surface area contributed by atoms with E-state index >= 15 is 0 Å². The van der Waals surface area contributed by atoms with E-state index in [0.29, 0.717) is 5.02 Å². The number of nitrogens with zero attached hydrogens (tertiary/aromatic N) is 1. The molecule has 0 bridgehead atoms. The fourth-order valence-electron chi connectivity index (χ4n) is 2.20. The maximum atomic E-state index is 9.53. The van der Waals surface area contributed by atoms with Crippen LogP contribution in [0.2, 0.25) is 5.02 Å². The third-order valence-electron chi connectivity index (χ3n) is 3.66. The highest BCUT2D eigenvalue weighted by atomic mass is 35.5. The number of benzene rings is 1. The van der Waals surface area contributed by atoms with E-state index in [1.165, 1.54) is 6.42 Å². The van der Waals surface area contributed by atoms with Crippen LogP contribution in [-0.2, 0) is 0 Å². The number of aliphatic hydroxyl groups is 1. The maximum absolute atomic E-state index is 9.53. The van der Waals surface area contributed by atoms with E-state index in [1.54, 1.807) is 6.92 Å². The molecule has 0 aliphatic heterocycles. The first-order chi connectivity index (χ1) is 7.99. The van der Waals surface area contributed by atoms with Gasteiger partial charge in [0.15, 0.2) is 0 Å². The molecule has 3 atom stereocenters. The maximum Gasteiger partial charge on any atom is 0.0776 e. The Hall–Kier alpha value is -0.730. The van der Waals surface area contributed by atoms with E-state index in [1.807, 2.05) is 18.2 Å². The summed E-state index contributed by atoms with van der Waals surface area (Å²) >= 11 is 6.16. The molecule has 3 heteroatoms. The highest BCUT2D eigenvalue weighted by molar-refractivity contribution is 6.31. The van der Waals surface area contributed by atoms with E-state index in [0.717, 1.165) is 29.6 Å². The Kier molecular flexibility index (Phi) is 3.64. The topological polar surface area (TPSA) is 23.5 Å². The van der Waals surface area contributed by atoms with Crippen LogP contribution in [0.4, 0.5) is 5.69 Å². The quantitative estimate of drug-likeness (QED) is 0.888. The molecule has 1 fully saturated rings. The zero-order valence-electron chi connectivity index (χ0n) is 10.7. The summed E-state index contributed by atoms with van der Waals surface area (Å²) in [5, 5.41) is 10.2. The Morgan fingerprint density at radius 3 is 2.65 bits per heavy atom. The lowest BCUT2D eigenvalue weighted by Crippen LogP contribution is -2.20. The Bertz CT molecular complexity index is 405. The highest BCUT2D eigenvalue weighted by Gasteiger charge is 2.33. The van der Waals surface area contributed by atoms with Crippen LogP contribution >= 0.6 is 11.6 Å². The summed E-state index contributed by atoms with van der Waals surface area (Å²) in [6.07, 6.45) is 0.828. The Morgan fingerprint density at radius 1 is 1.53 bits per heavy atom. The number of hydrogen-bond donors (Lipinski definition) is 1. The monoisotopic (exact) mass is 253 g/mol. The van der Waals surface area contributed by atoms with E-state index in [9.17, 15) is 5.11 Å². The first-order valence-corrected chi connectivity index (χ1v) is 6.55. The highest BCUT2D eigenvalue weighted by Crippen LogP contribution is 2.39. The molecule has 94 valence electrons. The van der Waals surface area contributed by atoms with Gasteiger partial charge in [-0.3, -0.25) is 0 Å². The Labute approximate surface area is 108 Å². The van der Waals surface area contributed by atoms with Gasteiger partial charge in [-0.15, -0.1) is 0 Å². The molecule has 1 aromatic rings. The lowest BCUT2D eigenvalue weighted by molar-refractivity contribution is 0.199. The first-order valence-electron chi connectivity index (χ1n) is 6.17. The molecule has 1 aliphatic carbocycles. The SMILES string of the molecule is CC(O)c1ccc(N(C)CC2CC2C)cc1Cl. The summed E-state index contributed by atoms with van der Waals surface area (Å²) in [6.45, 7) is 5.12. The molecule has 0 saturated heterocycles. The summed E-state index contributed by atoms with van der Waals surface area (Å²) < 4.78 is 0.